The summed E-state index contributed by atoms with van der Waals surface area (Å²) in [5.41, 5.74) is 1.82. The molecule has 28 heavy (non-hydrogen) atoms. The fourth-order valence-electron chi connectivity index (χ4n) is 3.89. The van der Waals surface area contributed by atoms with E-state index in [9.17, 15) is 4.79 Å². The van der Waals surface area contributed by atoms with Crippen LogP contribution in [0.3, 0.4) is 0 Å². The molecule has 1 amide bonds. The molecule has 1 saturated heterocycles. The molecule has 1 aromatic carbocycles. The van der Waals surface area contributed by atoms with Crippen molar-refractivity contribution in [3.63, 3.8) is 0 Å². The molecule has 9 heteroatoms. The van der Waals surface area contributed by atoms with Gasteiger partial charge in [-0.1, -0.05) is 29.1 Å². The number of carbonyl (C=O) groups excluding carboxylic acids is 1. The molecule has 1 aliphatic heterocycles. The Morgan fingerprint density at radius 1 is 1.14 bits per heavy atom. The first-order chi connectivity index (χ1) is 13.5. The molecule has 148 valence electrons. The highest BCUT2D eigenvalue weighted by Gasteiger charge is 2.29. The molecule has 0 radical (unpaired) electrons. The molecular weight excluding hydrogens is 374 g/mol. The summed E-state index contributed by atoms with van der Waals surface area (Å²) in [5.74, 6) is 1.34. The fraction of sp³-hybridized carbons (Fsp3) is 0.526. The summed E-state index contributed by atoms with van der Waals surface area (Å²) in [6.07, 6.45) is 3.37. The Labute approximate surface area is 168 Å². The topological polar surface area (TPSA) is 81.7 Å². The molecule has 1 fully saturated rings. The molecule has 1 aliphatic rings. The van der Waals surface area contributed by atoms with Crippen LogP contribution in [0.15, 0.2) is 29.4 Å². The Balaban J connectivity index is 1.43. The van der Waals surface area contributed by atoms with E-state index in [-0.39, 0.29) is 5.91 Å². The van der Waals surface area contributed by atoms with Gasteiger partial charge < -0.3 is 9.47 Å². The summed E-state index contributed by atoms with van der Waals surface area (Å²) in [6.45, 7) is 4.76. The average molecular weight is 400 g/mol. The Bertz CT molecular complexity index is 972. The zero-order valence-corrected chi connectivity index (χ0v) is 17.3. The number of fused-ring (bicyclic) bond motifs is 1. The molecule has 0 unspecified atom stereocenters. The summed E-state index contributed by atoms with van der Waals surface area (Å²) in [5, 5.41) is 17.7. The number of likely N-dealkylation sites (tertiary alicyclic amines) is 1. The molecular formula is C19H25N7OS. The van der Waals surface area contributed by atoms with Gasteiger partial charge in [0.05, 0.1) is 11.3 Å². The number of amides is 1. The number of benzene rings is 1. The maximum atomic E-state index is 12.7. The van der Waals surface area contributed by atoms with Crippen LogP contribution in [-0.4, -0.2) is 58.4 Å². The summed E-state index contributed by atoms with van der Waals surface area (Å²) in [6, 6.07) is 8.46. The molecule has 4 rings (SSSR count). The van der Waals surface area contributed by atoms with Gasteiger partial charge in [-0.2, -0.15) is 0 Å². The Hall–Kier alpha value is -2.42. The van der Waals surface area contributed by atoms with Gasteiger partial charge in [0.1, 0.15) is 12.1 Å². The van der Waals surface area contributed by atoms with Gasteiger partial charge in [0.15, 0.2) is 11.0 Å². The van der Waals surface area contributed by atoms with Crippen molar-refractivity contribution in [2.24, 2.45) is 7.05 Å². The summed E-state index contributed by atoms with van der Waals surface area (Å²) in [4.78, 5) is 14.8. The number of hydrogen-bond donors (Lipinski definition) is 0. The minimum atomic E-state index is 0.177. The molecule has 0 spiro atoms. The second-order valence-corrected chi connectivity index (χ2v) is 8.35. The molecule has 8 nitrogen and oxygen atoms in total. The second kappa shape index (κ2) is 7.90. The van der Waals surface area contributed by atoms with E-state index in [1.165, 1.54) is 18.2 Å². The van der Waals surface area contributed by atoms with Crippen LogP contribution in [0.5, 0.6) is 0 Å². The molecule has 0 saturated carbocycles. The van der Waals surface area contributed by atoms with E-state index in [1.807, 2.05) is 45.5 Å². The zero-order valence-electron chi connectivity index (χ0n) is 16.4. The number of thioether (sulfide) groups is 1. The largest absolute Gasteiger partial charge is 0.337 e. The minimum Gasteiger partial charge on any atom is -0.337 e. The van der Waals surface area contributed by atoms with E-state index >= 15 is 0 Å². The smallest absolute Gasteiger partial charge is 0.233 e. The van der Waals surface area contributed by atoms with Gasteiger partial charge in [0.2, 0.25) is 5.91 Å². The molecule has 0 aliphatic carbocycles. The van der Waals surface area contributed by atoms with Gasteiger partial charge in [-0.3, -0.25) is 4.79 Å². The molecule has 0 N–H and O–H groups in total. The number of hydrogen-bond acceptors (Lipinski definition) is 6. The van der Waals surface area contributed by atoms with Gasteiger partial charge in [-0.25, -0.2) is 4.68 Å². The van der Waals surface area contributed by atoms with Crippen molar-refractivity contribution in [2.45, 2.75) is 56.9 Å². The van der Waals surface area contributed by atoms with Crippen molar-refractivity contribution in [3.8, 4) is 0 Å². The summed E-state index contributed by atoms with van der Waals surface area (Å²) < 4.78 is 3.74. The summed E-state index contributed by atoms with van der Waals surface area (Å²) >= 11 is 1.44. The number of aromatic nitrogens is 6. The minimum absolute atomic E-state index is 0.177. The first-order valence-electron chi connectivity index (χ1n) is 9.65. The Morgan fingerprint density at radius 3 is 2.68 bits per heavy atom. The van der Waals surface area contributed by atoms with Crippen molar-refractivity contribution in [1.82, 2.24) is 34.7 Å². The Kier molecular flexibility index (Phi) is 5.34. The normalized spacial score (nSPS) is 20.0. The maximum Gasteiger partial charge on any atom is 0.233 e. The number of para-hydroxylation sites is 1. The average Bonchev–Trinajstić information content (AvgIpc) is 3.24. The number of carbonyl (C=O) groups is 1. The van der Waals surface area contributed by atoms with Crippen LogP contribution in [0.4, 0.5) is 0 Å². The van der Waals surface area contributed by atoms with Gasteiger partial charge in [-0.05, 0) is 45.2 Å². The van der Waals surface area contributed by atoms with E-state index in [4.69, 9.17) is 0 Å². The van der Waals surface area contributed by atoms with Crippen molar-refractivity contribution in [1.29, 1.82) is 0 Å². The van der Waals surface area contributed by atoms with Crippen LogP contribution in [0.25, 0.3) is 11.0 Å². The maximum absolute atomic E-state index is 12.7. The molecule has 0 bridgehead atoms. The van der Waals surface area contributed by atoms with Crippen molar-refractivity contribution in [2.75, 3.05) is 5.75 Å². The van der Waals surface area contributed by atoms with Crippen molar-refractivity contribution in [3.05, 3.63) is 30.1 Å². The van der Waals surface area contributed by atoms with E-state index in [0.717, 1.165) is 34.9 Å². The highest BCUT2D eigenvalue weighted by molar-refractivity contribution is 7.99. The fourth-order valence-corrected chi connectivity index (χ4v) is 4.69. The monoisotopic (exact) mass is 399 g/mol. The lowest BCUT2D eigenvalue weighted by Crippen LogP contribution is -2.48. The lowest BCUT2D eigenvalue weighted by molar-refractivity contribution is -0.134. The van der Waals surface area contributed by atoms with E-state index in [2.05, 4.69) is 34.4 Å². The van der Waals surface area contributed by atoms with E-state index in [1.54, 1.807) is 0 Å². The first kappa shape index (κ1) is 18.9. The van der Waals surface area contributed by atoms with Crippen LogP contribution in [0.2, 0.25) is 0 Å². The molecule has 3 heterocycles. The quantitative estimate of drug-likeness (QED) is 0.613. The predicted octanol–water partition coefficient (Wildman–Crippen LogP) is 2.49. The second-order valence-electron chi connectivity index (χ2n) is 7.41. The third-order valence-electron chi connectivity index (χ3n) is 5.44. The lowest BCUT2D eigenvalue weighted by atomic mass is 9.98. The van der Waals surface area contributed by atoms with Gasteiger partial charge >= 0.3 is 0 Å². The highest BCUT2D eigenvalue weighted by atomic mass is 32.2. The number of nitrogens with zero attached hydrogens (tertiary/aromatic N) is 7. The van der Waals surface area contributed by atoms with Crippen molar-refractivity contribution < 1.29 is 4.79 Å². The standard InChI is InChI=1S/C19H25N7OS/c1-13-7-6-8-14(2)26(13)18(27)12-28-19-22-21-17(24(19)3)11-25-16-10-5-4-9-15(16)20-23-25/h4-5,9-10,13-14H,6-8,11-12H2,1-3H3/t13-,14-/m1/s1. The lowest BCUT2D eigenvalue weighted by Gasteiger charge is -2.39. The summed E-state index contributed by atoms with van der Waals surface area (Å²) in [7, 11) is 1.92. The van der Waals surface area contributed by atoms with Gasteiger partial charge in [-0.15, -0.1) is 15.3 Å². The third-order valence-corrected chi connectivity index (χ3v) is 6.45. The van der Waals surface area contributed by atoms with E-state index in [0.29, 0.717) is 24.4 Å². The number of piperidine rings is 1. The third kappa shape index (κ3) is 3.63. The van der Waals surface area contributed by atoms with Crippen LogP contribution in [-0.2, 0) is 18.4 Å². The zero-order chi connectivity index (χ0) is 19.7. The first-order valence-corrected chi connectivity index (χ1v) is 10.6. The van der Waals surface area contributed by atoms with Crippen LogP contribution < -0.4 is 0 Å². The van der Waals surface area contributed by atoms with E-state index < -0.39 is 0 Å². The SMILES string of the molecule is C[C@@H]1CCC[C@@H](C)N1C(=O)CSc1nnc(Cn2nnc3ccccc32)n1C. The van der Waals surface area contributed by atoms with Crippen LogP contribution in [0, 0.1) is 0 Å². The molecule has 2 atom stereocenters. The van der Waals surface area contributed by atoms with Gasteiger partial charge in [0, 0.05) is 19.1 Å². The van der Waals surface area contributed by atoms with Gasteiger partial charge in [0.25, 0.3) is 0 Å². The van der Waals surface area contributed by atoms with Crippen molar-refractivity contribution >= 4 is 28.7 Å². The number of rotatable bonds is 5. The van der Waals surface area contributed by atoms with Crippen LogP contribution in [0.1, 0.15) is 38.9 Å². The van der Waals surface area contributed by atoms with Crippen LogP contribution >= 0.6 is 11.8 Å². The predicted molar refractivity (Wildman–Crippen MR) is 108 cm³/mol. The molecule has 2 aromatic heterocycles. The highest BCUT2D eigenvalue weighted by Crippen LogP contribution is 2.25. The molecule has 3 aromatic rings. The Morgan fingerprint density at radius 2 is 1.89 bits per heavy atom.